The van der Waals surface area contributed by atoms with Gasteiger partial charge in [-0.1, -0.05) is 18.2 Å². The Morgan fingerprint density at radius 2 is 1.32 bits per heavy atom. The maximum atomic E-state index is 11.1. The number of rotatable bonds is 6. The van der Waals surface area contributed by atoms with Gasteiger partial charge in [0.2, 0.25) is 0 Å². The molecule has 0 saturated heterocycles. The van der Waals surface area contributed by atoms with Crippen LogP contribution in [-0.2, 0) is 14.4 Å². The highest BCUT2D eigenvalue weighted by atomic mass is 16.3. The zero-order valence-electron chi connectivity index (χ0n) is 11.6. The Morgan fingerprint density at radius 1 is 0.789 bits per heavy atom. The maximum Gasteiger partial charge on any atom is 0.163 e. The summed E-state index contributed by atoms with van der Waals surface area (Å²) < 4.78 is 0. The van der Waals surface area contributed by atoms with Gasteiger partial charge in [0.05, 0.1) is 16.9 Å². The van der Waals surface area contributed by atoms with Gasteiger partial charge in [-0.2, -0.15) is 0 Å². The molecular formula is C15H18O4. The van der Waals surface area contributed by atoms with E-state index in [9.17, 15) is 19.5 Å². The fourth-order valence-electron chi connectivity index (χ4n) is 1.34. The highest BCUT2D eigenvalue weighted by Gasteiger charge is 2.06. The third-order valence-corrected chi connectivity index (χ3v) is 2.28. The number of allylic oxidation sites excluding steroid dienone is 8. The lowest BCUT2D eigenvalue weighted by Gasteiger charge is -1.96. The molecule has 0 spiro atoms. The van der Waals surface area contributed by atoms with Gasteiger partial charge in [0.1, 0.15) is 0 Å². The molecule has 0 aliphatic rings. The SMILES string of the molecule is CC(=O)C(=C/C=C/C=C/C(C(C)=O)=C(/C)O)C(C)=O. The van der Waals surface area contributed by atoms with Crippen LogP contribution in [0.5, 0.6) is 0 Å². The number of ketones is 3. The first kappa shape index (κ1) is 16.8. The molecule has 0 aromatic heterocycles. The lowest BCUT2D eigenvalue weighted by Crippen LogP contribution is -2.05. The number of aliphatic hydroxyl groups excluding tert-OH is 1. The summed E-state index contributed by atoms with van der Waals surface area (Å²) in [6.45, 7) is 5.42. The molecule has 0 fully saturated rings. The molecule has 0 radical (unpaired) electrons. The van der Waals surface area contributed by atoms with E-state index in [1.54, 1.807) is 12.2 Å². The Kier molecular flexibility index (Phi) is 7.04. The fraction of sp³-hybridized carbons (Fsp3) is 0.267. The van der Waals surface area contributed by atoms with Gasteiger partial charge >= 0.3 is 0 Å². The predicted octanol–water partition coefficient (Wildman–Crippen LogP) is 2.62. The van der Waals surface area contributed by atoms with E-state index in [0.717, 1.165) is 0 Å². The summed E-state index contributed by atoms with van der Waals surface area (Å²) in [5.41, 5.74) is 0.331. The Hall–Kier alpha value is -2.23. The predicted molar refractivity (Wildman–Crippen MR) is 73.7 cm³/mol. The molecule has 0 aromatic carbocycles. The van der Waals surface area contributed by atoms with Crippen LogP contribution in [0.25, 0.3) is 0 Å². The van der Waals surface area contributed by atoms with Crippen molar-refractivity contribution in [2.24, 2.45) is 0 Å². The molecule has 0 heterocycles. The zero-order chi connectivity index (χ0) is 15.0. The van der Waals surface area contributed by atoms with Gasteiger partial charge in [-0.3, -0.25) is 14.4 Å². The van der Waals surface area contributed by atoms with Crippen molar-refractivity contribution in [1.29, 1.82) is 0 Å². The molecule has 0 bridgehead atoms. The van der Waals surface area contributed by atoms with Crippen molar-refractivity contribution in [2.75, 3.05) is 0 Å². The topological polar surface area (TPSA) is 71.4 Å². The molecule has 0 aliphatic heterocycles. The van der Waals surface area contributed by atoms with Crippen LogP contribution in [-0.4, -0.2) is 22.5 Å². The largest absolute Gasteiger partial charge is 0.512 e. The highest BCUT2D eigenvalue weighted by molar-refractivity contribution is 6.18. The van der Waals surface area contributed by atoms with Crippen molar-refractivity contribution < 1.29 is 19.5 Å². The summed E-state index contributed by atoms with van der Waals surface area (Å²) in [6.07, 6.45) is 7.52. The van der Waals surface area contributed by atoms with Crippen molar-refractivity contribution in [3.05, 3.63) is 47.3 Å². The third kappa shape index (κ3) is 6.31. The zero-order valence-corrected chi connectivity index (χ0v) is 11.6. The number of carbonyl (C=O) groups excluding carboxylic acids is 3. The second-order valence-electron chi connectivity index (χ2n) is 3.99. The molecule has 0 atom stereocenters. The van der Waals surface area contributed by atoms with Crippen LogP contribution in [0.3, 0.4) is 0 Å². The van der Waals surface area contributed by atoms with Crippen LogP contribution in [0.15, 0.2) is 47.3 Å². The molecule has 4 nitrogen and oxygen atoms in total. The summed E-state index contributed by atoms with van der Waals surface area (Å²) in [6, 6.07) is 0. The van der Waals surface area contributed by atoms with Gasteiger partial charge in [0.25, 0.3) is 0 Å². The minimum absolute atomic E-state index is 0.0548. The minimum atomic E-state index is -0.295. The fourth-order valence-corrected chi connectivity index (χ4v) is 1.34. The molecule has 4 heteroatoms. The van der Waals surface area contributed by atoms with Gasteiger partial charge < -0.3 is 5.11 Å². The molecule has 0 amide bonds. The van der Waals surface area contributed by atoms with Crippen LogP contribution >= 0.6 is 0 Å². The van der Waals surface area contributed by atoms with Crippen LogP contribution in [0.1, 0.15) is 27.7 Å². The summed E-state index contributed by atoms with van der Waals surface area (Å²) in [7, 11) is 0. The van der Waals surface area contributed by atoms with E-state index in [4.69, 9.17) is 0 Å². The monoisotopic (exact) mass is 262 g/mol. The lowest BCUT2D eigenvalue weighted by atomic mass is 10.1. The van der Waals surface area contributed by atoms with Crippen molar-refractivity contribution in [3.8, 4) is 0 Å². The van der Waals surface area contributed by atoms with Crippen LogP contribution in [0.4, 0.5) is 0 Å². The van der Waals surface area contributed by atoms with E-state index in [1.165, 1.54) is 45.9 Å². The van der Waals surface area contributed by atoms with E-state index in [-0.39, 0.29) is 34.3 Å². The van der Waals surface area contributed by atoms with Gasteiger partial charge in [-0.25, -0.2) is 0 Å². The van der Waals surface area contributed by atoms with Crippen LogP contribution in [0.2, 0.25) is 0 Å². The Balaban J connectivity index is 4.91. The number of carbonyl (C=O) groups is 3. The molecule has 0 aromatic rings. The maximum absolute atomic E-state index is 11.1. The van der Waals surface area contributed by atoms with E-state index < -0.39 is 0 Å². The van der Waals surface area contributed by atoms with E-state index >= 15 is 0 Å². The number of Topliss-reactive ketones (excluding diaryl/α,β-unsaturated/α-hetero) is 3. The second kappa shape index (κ2) is 7.97. The van der Waals surface area contributed by atoms with Gasteiger partial charge in [0.15, 0.2) is 17.3 Å². The van der Waals surface area contributed by atoms with Crippen molar-refractivity contribution >= 4 is 17.3 Å². The lowest BCUT2D eigenvalue weighted by molar-refractivity contribution is -0.119. The number of hydrogen-bond donors (Lipinski definition) is 1. The third-order valence-electron chi connectivity index (χ3n) is 2.28. The van der Waals surface area contributed by atoms with Crippen molar-refractivity contribution in [2.45, 2.75) is 27.7 Å². The van der Waals surface area contributed by atoms with Gasteiger partial charge in [-0.15, -0.1) is 0 Å². The van der Waals surface area contributed by atoms with E-state index in [0.29, 0.717) is 0 Å². The Labute approximate surface area is 112 Å². The standard InChI is InChI=1S/C15H18O4/c1-10(16)14(11(2)17)8-6-5-7-9-15(12(3)18)13(4)19/h5-9,16H,1-4H3/b7-5+,8-6+,14-10+. The van der Waals surface area contributed by atoms with Crippen LogP contribution < -0.4 is 0 Å². The second-order valence-corrected chi connectivity index (χ2v) is 3.99. The van der Waals surface area contributed by atoms with E-state index in [2.05, 4.69) is 0 Å². The number of hydrogen-bond acceptors (Lipinski definition) is 4. The Bertz CT molecular complexity index is 482. The molecule has 102 valence electrons. The summed E-state index contributed by atoms with van der Waals surface area (Å²) in [5.74, 6) is -0.887. The van der Waals surface area contributed by atoms with E-state index in [1.807, 2.05) is 0 Å². The van der Waals surface area contributed by atoms with Crippen molar-refractivity contribution in [3.63, 3.8) is 0 Å². The molecule has 0 unspecified atom stereocenters. The minimum Gasteiger partial charge on any atom is -0.512 e. The highest BCUT2D eigenvalue weighted by Crippen LogP contribution is 2.05. The first-order valence-corrected chi connectivity index (χ1v) is 5.75. The average molecular weight is 262 g/mol. The Morgan fingerprint density at radius 3 is 1.68 bits per heavy atom. The smallest absolute Gasteiger partial charge is 0.163 e. The molecule has 1 N–H and O–H groups in total. The van der Waals surface area contributed by atoms with Crippen molar-refractivity contribution in [1.82, 2.24) is 0 Å². The quantitative estimate of drug-likeness (QED) is 0.262. The van der Waals surface area contributed by atoms with Crippen LogP contribution in [0, 0.1) is 0 Å². The number of aliphatic hydroxyl groups is 1. The first-order valence-electron chi connectivity index (χ1n) is 5.75. The average Bonchev–Trinajstić information content (AvgIpc) is 2.25. The molecule has 0 saturated carbocycles. The molecule has 19 heavy (non-hydrogen) atoms. The van der Waals surface area contributed by atoms with Gasteiger partial charge in [0, 0.05) is 0 Å². The summed E-state index contributed by atoms with van der Waals surface area (Å²) >= 11 is 0. The van der Waals surface area contributed by atoms with Gasteiger partial charge in [-0.05, 0) is 39.8 Å². The molecule has 0 aliphatic carbocycles. The molecular weight excluding hydrogens is 244 g/mol. The summed E-state index contributed by atoms with van der Waals surface area (Å²) in [5, 5.41) is 9.26. The molecule has 0 rings (SSSR count). The first-order chi connectivity index (χ1) is 8.77. The summed E-state index contributed by atoms with van der Waals surface area (Å²) in [4.78, 5) is 33.4. The normalized spacial score (nSPS) is 12.4.